The molecule has 3 rings (SSSR count). The molecule has 0 unspecified atom stereocenters. The summed E-state index contributed by atoms with van der Waals surface area (Å²) in [6.45, 7) is 7.17. The molecule has 2 fully saturated rings. The van der Waals surface area contributed by atoms with Crippen molar-refractivity contribution in [1.29, 1.82) is 0 Å². The molecule has 0 saturated carbocycles. The maximum Gasteiger partial charge on any atom is 0.324 e. The lowest BCUT2D eigenvalue weighted by molar-refractivity contribution is -0.127. The van der Waals surface area contributed by atoms with Crippen molar-refractivity contribution in [2.24, 2.45) is 0 Å². The number of amides is 4. The minimum Gasteiger partial charge on any atom is -0.338 e. The normalized spacial score (nSPS) is 19.0. The van der Waals surface area contributed by atoms with E-state index >= 15 is 0 Å². The van der Waals surface area contributed by atoms with Crippen LogP contribution in [0.25, 0.3) is 0 Å². The number of urea groups is 1. The fraction of sp³-hybridized carbons (Fsp3) is 0.500. The number of carbonyl (C=O) groups excluding carboxylic acids is 3. The van der Waals surface area contributed by atoms with Gasteiger partial charge in [0.25, 0.3) is 5.91 Å². The van der Waals surface area contributed by atoms with E-state index in [1.165, 1.54) is 4.90 Å². The summed E-state index contributed by atoms with van der Waals surface area (Å²) in [5.41, 5.74) is 3.91. The highest BCUT2D eigenvalue weighted by Crippen LogP contribution is 2.23. The molecule has 2 saturated heterocycles. The van der Waals surface area contributed by atoms with Gasteiger partial charge in [-0.1, -0.05) is 17.7 Å². The number of hydrogen-bond acceptors (Lipinski definition) is 3. The van der Waals surface area contributed by atoms with Crippen molar-refractivity contribution in [1.82, 2.24) is 15.1 Å². The van der Waals surface area contributed by atoms with Crippen molar-refractivity contribution in [2.75, 3.05) is 19.6 Å². The maximum absolute atomic E-state index is 12.9. The summed E-state index contributed by atoms with van der Waals surface area (Å²) in [5.74, 6) is -0.129. The van der Waals surface area contributed by atoms with Crippen LogP contribution in [0.4, 0.5) is 4.79 Å². The van der Waals surface area contributed by atoms with Crippen LogP contribution in [-0.2, 0) is 4.79 Å². The standard InChI is InChI=1S/C18H23N3O3/c1-11-8-12(2)16(13(3)9-11)17(23)20-6-4-14(5-7-20)21-15(22)10-19-18(21)24/h8-9,14H,4-7,10H2,1-3H3,(H,19,24). The zero-order valence-corrected chi connectivity index (χ0v) is 14.4. The summed E-state index contributed by atoms with van der Waals surface area (Å²) >= 11 is 0. The Labute approximate surface area is 141 Å². The number of aryl methyl sites for hydroxylation is 3. The molecule has 1 aromatic carbocycles. The molecule has 0 radical (unpaired) electrons. The molecule has 2 aliphatic heterocycles. The second kappa shape index (κ2) is 6.26. The number of hydrogen-bond donors (Lipinski definition) is 1. The van der Waals surface area contributed by atoms with Gasteiger partial charge in [0.2, 0.25) is 5.91 Å². The minimum absolute atomic E-state index is 0.0423. The molecule has 4 amide bonds. The second-order valence-electron chi connectivity index (χ2n) is 6.72. The SMILES string of the molecule is Cc1cc(C)c(C(=O)N2CCC(N3C(=O)CNC3=O)CC2)c(C)c1. The van der Waals surface area contributed by atoms with Gasteiger partial charge in [-0.15, -0.1) is 0 Å². The van der Waals surface area contributed by atoms with Gasteiger partial charge >= 0.3 is 6.03 Å². The Balaban J connectivity index is 1.70. The van der Waals surface area contributed by atoms with Gasteiger partial charge in [-0.05, 0) is 44.7 Å². The van der Waals surface area contributed by atoms with Crippen molar-refractivity contribution in [2.45, 2.75) is 39.7 Å². The Bertz CT molecular complexity index is 666. The van der Waals surface area contributed by atoms with E-state index in [0.29, 0.717) is 25.9 Å². The van der Waals surface area contributed by atoms with E-state index in [9.17, 15) is 14.4 Å². The van der Waals surface area contributed by atoms with Crippen molar-refractivity contribution in [3.63, 3.8) is 0 Å². The zero-order valence-electron chi connectivity index (χ0n) is 14.4. The zero-order chi connectivity index (χ0) is 17.4. The van der Waals surface area contributed by atoms with Gasteiger partial charge in [0.15, 0.2) is 0 Å². The number of imide groups is 1. The van der Waals surface area contributed by atoms with Gasteiger partial charge in [-0.25, -0.2) is 4.79 Å². The summed E-state index contributed by atoms with van der Waals surface area (Å²) in [6, 6.07) is 3.64. The van der Waals surface area contributed by atoms with Crippen LogP contribution in [0, 0.1) is 20.8 Å². The second-order valence-corrected chi connectivity index (χ2v) is 6.72. The first-order chi connectivity index (χ1) is 11.4. The number of rotatable bonds is 2. The average Bonchev–Trinajstić information content (AvgIpc) is 2.85. The van der Waals surface area contributed by atoms with E-state index in [0.717, 1.165) is 22.3 Å². The van der Waals surface area contributed by atoms with E-state index in [1.807, 2.05) is 37.8 Å². The largest absolute Gasteiger partial charge is 0.338 e. The van der Waals surface area contributed by atoms with Gasteiger partial charge in [0, 0.05) is 24.7 Å². The van der Waals surface area contributed by atoms with Crippen molar-refractivity contribution < 1.29 is 14.4 Å². The van der Waals surface area contributed by atoms with Crippen molar-refractivity contribution in [3.05, 3.63) is 34.4 Å². The van der Waals surface area contributed by atoms with Crippen LogP contribution in [-0.4, -0.2) is 53.3 Å². The lowest BCUT2D eigenvalue weighted by Crippen LogP contribution is -2.49. The summed E-state index contributed by atoms with van der Waals surface area (Å²) in [6.07, 6.45) is 1.27. The molecular weight excluding hydrogens is 306 g/mol. The Morgan fingerprint density at radius 2 is 1.67 bits per heavy atom. The van der Waals surface area contributed by atoms with E-state index < -0.39 is 0 Å². The number of nitrogens with zero attached hydrogens (tertiary/aromatic N) is 2. The van der Waals surface area contributed by atoms with Crippen LogP contribution in [0.1, 0.15) is 39.9 Å². The molecule has 1 N–H and O–H groups in total. The first-order valence-corrected chi connectivity index (χ1v) is 8.35. The first-order valence-electron chi connectivity index (χ1n) is 8.35. The molecule has 24 heavy (non-hydrogen) atoms. The Morgan fingerprint density at radius 3 is 2.17 bits per heavy atom. The first kappa shape index (κ1) is 16.5. The molecule has 0 aliphatic carbocycles. The third-order valence-corrected chi connectivity index (χ3v) is 4.89. The predicted molar refractivity (Wildman–Crippen MR) is 89.8 cm³/mol. The Kier molecular flexibility index (Phi) is 4.30. The van der Waals surface area contributed by atoms with Crippen molar-refractivity contribution >= 4 is 17.8 Å². The van der Waals surface area contributed by atoms with Crippen LogP contribution in [0.3, 0.4) is 0 Å². The third-order valence-electron chi connectivity index (χ3n) is 4.89. The van der Waals surface area contributed by atoms with Gasteiger partial charge in [0.1, 0.15) is 0 Å². The molecule has 2 heterocycles. The van der Waals surface area contributed by atoms with Gasteiger partial charge in [0.05, 0.1) is 6.54 Å². The molecular formula is C18H23N3O3. The number of likely N-dealkylation sites (tertiary alicyclic amines) is 1. The number of carbonyl (C=O) groups is 3. The molecule has 0 aromatic heterocycles. The monoisotopic (exact) mass is 329 g/mol. The molecule has 6 nitrogen and oxygen atoms in total. The third kappa shape index (κ3) is 2.88. The molecule has 6 heteroatoms. The quantitative estimate of drug-likeness (QED) is 0.841. The van der Waals surface area contributed by atoms with E-state index in [-0.39, 0.29) is 30.4 Å². The summed E-state index contributed by atoms with van der Waals surface area (Å²) in [5, 5.41) is 2.55. The van der Waals surface area contributed by atoms with E-state index in [4.69, 9.17) is 0 Å². The lowest BCUT2D eigenvalue weighted by atomic mass is 9.97. The smallest absolute Gasteiger partial charge is 0.324 e. The Hall–Kier alpha value is -2.37. The van der Waals surface area contributed by atoms with Crippen LogP contribution < -0.4 is 5.32 Å². The van der Waals surface area contributed by atoms with Crippen LogP contribution in [0.15, 0.2) is 12.1 Å². The predicted octanol–water partition coefficient (Wildman–Crippen LogP) is 1.77. The van der Waals surface area contributed by atoms with Gasteiger partial charge < -0.3 is 10.2 Å². The maximum atomic E-state index is 12.9. The van der Waals surface area contributed by atoms with Gasteiger partial charge in [-0.2, -0.15) is 0 Å². The molecule has 0 bridgehead atoms. The number of benzene rings is 1. The fourth-order valence-electron chi connectivity index (χ4n) is 3.81. The highest BCUT2D eigenvalue weighted by molar-refractivity contribution is 6.02. The number of nitrogens with one attached hydrogen (secondary N) is 1. The number of piperidine rings is 1. The molecule has 0 atom stereocenters. The lowest BCUT2D eigenvalue weighted by Gasteiger charge is -2.35. The fourth-order valence-corrected chi connectivity index (χ4v) is 3.81. The van der Waals surface area contributed by atoms with Crippen LogP contribution in [0.5, 0.6) is 0 Å². The topological polar surface area (TPSA) is 69.7 Å². The summed E-state index contributed by atoms with van der Waals surface area (Å²) in [7, 11) is 0. The molecule has 0 spiro atoms. The van der Waals surface area contributed by atoms with Gasteiger partial charge in [-0.3, -0.25) is 14.5 Å². The highest BCUT2D eigenvalue weighted by Gasteiger charge is 2.37. The summed E-state index contributed by atoms with van der Waals surface area (Å²) < 4.78 is 0. The van der Waals surface area contributed by atoms with Crippen LogP contribution in [0.2, 0.25) is 0 Å². The minimum atomic E-state index is -0.310. The molecule has 2 aliphatic rings. The highest BCUT2D eigenvalue weighted by atomic mass is 16.2. The van der Waals surface area contributed by atoms with E-state index in [2.05, 4.69) is 5.32 Å². The summed E-state index contributed by atoms with van der Waals surface area (Å²) in [4.78, 5) is 39.6. The molecule has 1 aromatic rings. The van der Waals surface area contributed by atoms with E-state index in [1.54, 1.807) is 0 Å². The Morgan fingerprint density at radius 1 is 1.08 bits per heavy atom. The average molecular weight is 329 g/mol. The van der Waals surface area contributed by atoms with Crippen molar-refractivity contribution in [3.8, 4) is 0 Å². The molecule has 128 valence electrons. The van der Waals surface area contributed by atoms with Crippen LogP contribution >= 0.6 is 0 Å².